The molecule has 6 unspecified atom stereocenters. The minimum absolute atomic E-state index is 0.217. The third-order valence-corrected chi connectivity index (χ3v) is 4.33. The molecule has 8 heteroatoms. The molecule has 0 bridgehead atoms. The smallest absolute Gasteiger partial charge is 0.320 e. The summed E-state index contributed by atoms with van der Waals surface area (Å²) in [5.74, 6) is -2.12. The quantitative estimate of drug-likeness (QED) is 0.718. The second kappa shape index (κ2) is 5.65. The molecule has 3 rings (SSSR count). The summed E-state index contributed by atoms with van der Waals surface area (Å²) >= 11 is 0. The van der Waals surface area contributed by atoms with Crippen LogP contribution in [0, 0.1) is 0 Å². The van der Waals surface area contributed by atoms with Crippen LogP contribution in [0.1, 0.15) is 27.7 Å². The molecule has 3 aliphatic rings. The van der Waals surface area contributed by atoms with Crippen LogP contribution in [-0.4, -0.2) is 67.8 Å². The predicted molar refractivity (Wildman–Crippen MR) is 77.4 cm³/mol. The molecule has 1 saturated carbocycles. The average Bonchev–Trinajstić information content (AvgIpc) is 2.94. The molecule has 2 N–H and O–H groups in total. The van der Waals surface area contributed by atoms with Gasteiger partial charge in [-0.05, 0) is 27.7 Å². The number of hydrogen-bond donors (Lipinski definition) is 1. The summed E-state index contributed by atoms with van der Waals surface area (Å²) < 4.78 is 35.0. The van der Waals surface area contributed by atoms with Crippen molar-refractivity contribution in [3.63, 3.8) is 0 Å². The first-order chi connectivity index (χ1) is 10.7. The third-order valence-electron chi connectivity index (χ3n) is 4.33. The lowest BCUT2D eigenvalue weighted by molar-refractivity contribution is -0.203. The number of carbonyl (C=O) groups is 1. The predicted octanol–water partition coefficient (Wildman–Crippen LogP) is -0.0743. The van der Waals surface area contributed by atoms with Gasteiger partial charge in [0.25, 0.3) is 0 Å². The number of ether oxygens (including phenoxy) is 6. The van der Waals surface area contributed by atoms with Gasteiger partial charge in [0.1, 0.15) is 30.5 Å². The van der Waals surface area contributed by atoms with E-state index in [2.05, 4.69) is 0 Å². The lowest BCUT2D eigenvalue weighted by atomic mass is 9.84. The van der Waals surface area contributed by atoms with Gasteiger partial charge in [-0.15, -0.1) is 0 Å². The van der Waals surface area contributed by atoms with Crippen LogP contribution in [0.5, 0.6) is 0 Å². The maximum absolute atomic E-state index is 11.7. The fraction of sp³-hybridized carbons (Fsp3) is 0.933. The van der Waals surface area contributed by atoms with Crippen molar-refractivity contribution < 1.29 is 33.2 Å². The van der Waals surface area contributed by atoms with Crippen molar-refractivity contribution in [1.29, 1.82) is 0 Å². The van der Waals surface area contributed by atoms with Crippen LogP contribution in [0.25, 0.3) is 0 Å². The van der Waals surface area contributed by atoms with E-state index in [9.17, 15) is 4.79 Å². The number of esters is 1. The Kier molecular flexibility index (Phi) is 4.19. The molecular formula is C15H25NO7. The molecule has 23 heavy (non-hydrogen) atoms. The summed E-state index contributed by atoms with van der Waals surface area (Å²) in [5, 5.41) is 0. The number of carbonyl (C=O) groups excluding carboxylic acids is 1. The summed E-state index contributed by atoms with van der Waals surface area (Å²) in [6.45, 7) is 7.06. The summed E-state index contributed by atoms with van der Waals surface area (Å²) in [4.78, 5) is 11.7. The molecule has 1 aliphatic carbocycles. The second-order valence-electron chi connectivity index (χ2n) is 6.99. The topological polar surface area (TPSA) is 98.5 Å². The van der Waals surface area contributed by atoms with Gasteiger partial charge < -0.3 is 34.2 Å². The highest BCUT2D eigenvalue weighted by atomic mass is 16.8. The molecule has 0 aromatic carbocycles. The third kappa shape index (κ3) is 2.99. The van der Waals surface area contributed by atoms with Crippen LogP contribution in [-0.2, 0) is 33.2 Å². The lowest BCUT2D eigenvalue weighted by Crippen LogP contribution is -2.63. The normalized spacial score (nSPS) is 43.7. The SMILES string of the molecule is COC1C(OC(=O)CN)C2OC(C)(C)OC2C2OC(C)(C)OC12. The molecule has 0 aromatic rings. The van der Waals surface area contributed by atoms with E-state index in [0.29, 0.717) is 0 Å². The van der Waals surface area contributed by atoms with Crippen LogP contribution in [0.4, 0.5) is 0 Å². The molecule has 8 nitrogen and oxygen atoms in total. The molecule has 0 aromatic heterocycles. The number of fused-ring (bicyclic) bond motifs is 3. The first-order valence-electron chi connectivity index (χ1n) is 7.81. The van der Waals surface area contributed by atoms with Crippen molar-refractivity contribution >= 4 is 5.97 Å². The van der Waals surface area contributed by atoms with Gasteiger partial charge in [0.15, 0.2) is 17.7 Å². The van der Waals surface area contributed by atoms with E-state index in [-0.39, 0.29) is 12.6 Å². The highest BCUT2D eigenvalue weighted by Gasteiger charge is 2.64. The zero-order chi connectivity index (χ0) is 17.0. The second-order valence-corrected chi connectivity index (χ2v) is 6.99. The van der Waals surface area contributed by atoms with E-state index in [1.54, 1.807) is 7.11 Å². The Balaban J connectivity index is 1.94. The Morgan fingerprint density at radius 2 is 1.35 bits per heavy atom. The number of hydrogen-bond acceptors (Lipinski definition) is 8. The summed E-state index contributed by atoms with van der Waals surface area (Å²) in [6.07, 6.45) is -2.93. The van der Waals surface area contributed by atoms with E-state index in [1.165, 1.54) is 0 Å². The number of methoxy groups -OCH3 is 1. The zero-order valence-corrected chi connectivity index (χ0v) is 14.1. The molecule has 0 amide bonds. The van der Waals surface area contributed by atoms with Crippen molar-refractivity contribution in [3.05, 3.63) is 0 Å². The standard InChI is InChI=1S/C15H25NO7/c1-14(2)20-10-8(18-5)9(19-7(17)6-16)11-13(12(10)22-14)23-15(3,4)21-11/h8-13H,6,16H2,1-5H3. The summed E-state index contributed by atoms with van der Waals surface area (Å²) in [6, 6.07) is 0. The van der Waals surface area contributed by atoms with Crippen molar-refractivity contribution in [3.8, 4) is 0 Å². The van der Waals surface area contributed by atoms with Crippen LogP contribution < -0.4 is 5.73 Å². The van der Waals surface area contributed by atoms with Gasteiger partial charge in [0.2, 0.25) is 0 Å². The summed E-state index contributed by atoms with van der Waals surface area (Å²) in [7, 11) is 1.54. The molecule has 2 saturated heterocycles. The van der Waals surface area contributed by atoms with Crippen LogP contribution in [0.2, 0.25) is 0 Å². The maximum atomic E-state index is 11.7. The fourth-order valence-corrected chi connectivity index (χ4v) is 3.63. The van der Waals surface area contributed by atoms with E-state index < -0.39 is 48.1 Å². The van der Waals surface area contributed by atoms with Crippen LogP contribution >= 0.6 is 0 Å². The van der Waals surface area contributed by atoms with Gasteiger partial charge in [0, 0.05) is 7.11 Å². The lowest BCUT2D eigenvalue weighted by Gasteiger charge is -2.41. The van der Waals surface area contributed by atoms with Gasteiger partial charge in [0.05, 0.1) is 6.54 Å². The van der Waals surface area contributed by atoms with E-state index in [0.717, 1.165) is 0 Å². The Labute approximate surface area is 135 Å². The van der Waals surface area contributed by atoms with E-state index in [1.807, 2.05) is 27.7 Å². The molecule has 2 aliphatic heterocycles. The van der Waals surface area contributed by atoms with Gasteiger partial charge in [-0.1, -0.05) is 0 Å². The van der Waals surface area contributed by atoms with E-state index >= 15 is 0 Å². The Morgan fingerprint density at radius 1 is 0.913 bits per heavy atom. The molecule has 0 spiro atoms. The molecule has 2 heterocycles. The Hall–Kier alpha value is -0.770. The first kappa shape index (κ1) is 17.1. The van der Waals surface area contributed by atoms with Crippen molar-refractivity contribution in [1.82, 2.24) is 0 Å². The minimum atomic E-state index is -0.814. The monoisotopic (exact) mass is 331 g/mol. The highest BCUT2D eigenvalue weighted by molar-refractivity contribution is 5.71. The fourth-order valence-electron chi connectivity index (χ4n) is 3.63. The molecular weight excluding hydrogens is 306 g/mol. The van der Waals surface area contributed by atoms with Crippen molar-refractivity contribution in [2.75, 3.05) is 13.7 Å². The first-order valence-corrected chi connectivity index (χ1v) is 7.81. The van der Waals surface area contributed by atoms with Crippen LogP contribution in [0.3, 0.4) is 0 Å². The highest BCUT2D eigenvalue weighted by Crippen LogP contribution is 2.46. The van der Waals surface area contributed by atoms with Crippen molar-refractivity contribution in [2.24, 2.45) is 5.73 Å². The van der Waals surface area contributed by atoms with E-state index in [4.69, 9.17) is 34.2 Å². The van der Waals surface area contributed by atoms with Gasteiger partial charge in [-0.3, -0.25) is 4.79 Å². The number of rotatable bonds is 3. The van der Waals surface area contributed by atoms with Gasteiger partial charge >= 0.3 is 5.97 Å². The maximum Gasteiger partial charge on any atom is 0.320 e. The van der Waals surface area contributed by atoms with Gasteiger partial charge in [-0.2, -0.15) is 0 Å². The molecule has 132 valence electrons. The Bertz CT molecular complexity index is 480. The van der Waals surface area contributed by atoms with Gasteiger partial charge in [-0.25, -0.2) is 0 Å². The molecule has 0 radical (unpaired) electrons. The average molecular weight is 331 g/mol. The summed E-state index contributed by atoms with van der Waals surface area (Å²) in [5.41, 5.74) is 5.37. The minimum Gasteiger partial charge on any atom is -0.456 e. The number of nitrogens with two attached hydrogens (primary N) is 1. The van der Waals surface area contributed by atoms with Crippen molar-refractivity contribution in [2.45, 2.75) is 75.9 Å². The molecule has 6 atom stereocenters. The molecule has 3 fully saturated rings. The zero-order valence-electron chi connectivity index (χ0n) is 14.1. The van der Waals surface area contributed by atoms with Crippen LogP contribution in [0.15, 0.2) is 0 Å². The largest absolute Gasteiger partial charge is 0.456 e. The Morgan fingerprint density at radius 3 is 1.78 bits per heavy atom.